The lowest BCUT2D eigenvalue weighted by Crippen LogP contribution is -2.31. The van der Waals surface area contributed by atoms with Gasteiger partial charge in [0.05, 0.1) is 28.8 Å². The van der Waals surface area contributed by atoms with Gasteiger partial charge in [0.2, 0.25) is 11.8 Å². The summed E-state index contributed by atoms with van der Waals surface area (Å²) < 4.78 is 0. The molecule has 0 atom stereocenters. The molecule has 0 aliphatic carbocycles. The van der Waals surface area contributed by atoms with Crippen molar-refractivity contribution >= 4 is 28.9 Å². The third kappa shape index (κ3) is 6.63. The van der Waals surface area contributed by atoms with E-state index in [-0.39, 0.29) is 30.4 Å². The van der Waals surface area contributed by atoms with Crippen molar-refractivity contribution in [2.24, 2.45) is 5.10 Å². The molecule has 0 saturated carbocycles. The van der Waals surface area contributed by atoms with Crippen LogP contribution in [0.15, 0.2) is 23.3 Å². The lowest BCUT2D eigenvalue weighted by molar-refractivity contribution is -0.394. The summed E-state index contributed by atoms with van der Waals surface area (Å²) in [5.41, 5.74) is 1.62. The minimum Gasteiger partial charge on any atom is -0.354 e. The van der Waals surface area contributed by atoms with E-state index in [2.05, 4.69) is 15.8 Å². The number of carbonyl (C=O) groups excluding carboxylic acids is 2. The van der Waals surface area contributed by atoms with E-state index in [0.29, 0.717) is 5.71 Å². The predicted molar refractivity (Wildman–Crippen MR) is 92.6 cm³/mol. The van der Waals surface area contributed by atoms with E-state index in [1.807, 2.05) is 13.8 Å². The normalized spacial score (nSPS) is 11.2. The van der Waals surface area contributed by atoms with Crippen LogP contribution in [-0.4, -0.2) is 33.4 Å². The minimum absolute atomic E-state index is 0.00383. The third-order valence-electron chi connectivity index (χ3n) is 3.06. The highest BCUT2D eigenvalue weighted by Gasteiger charge is 2.21. The van der Waals surface area contributed by atoms with Crippen LogP contribution in [0.1, 0.15) is 32.8 Å². The minimum atomic E-state index is -0.791. The van der Waals surface area contributed by atoms with Gasteiger partial charge >= 0.3 is 0 Å². The first-order valence-corrected chi connectivity index (χ1v) is 7.63. The topological polar surface area (TPSA) is 157 Å². The van der Waals surface area contributed by atoms with Crippen LogP contribution in [0.4, 0.5) is 11.4 Å². The fraction of sp³-hybridized carbons (Fsp3) is 0.400. The van der Waals surface area contributed by atoms with Crippen LogP contribution in [0.2, 0.25) is 0 Å². The van der Waals surface area contributed by atoms with Crippen molar-refractivity contribution in [3.8, 4) is 0 Å². The number of nitrogens with one attached hydrogen (secondary N) is 2. The van der Waals surface area contributed by atoms with Crippen molar-refractivity contribution in [1.29, 1.82) is 0 Å². The Bertz CT molecular complexity index is 759. The van der Waals surface area contributed by atoms with Gasteiger partial charge in [0, 0.05) is 23.4 Å². The highest BCUT2D eigenvalue weighted by molar-refractivity contribution is 6.00. The van der Waals surface area contributed by atoms with Gasteiger partial charge < -0.3 is 5.32 Å². The van der Waals surface area contributed by atoms with Crippen molar-refractivity contribution in [3.05, 3.63) is 44.0 Å². The monoisotopic (exact) mass is 365 g/mol. The lowest BCUT2D eigenvalue weighted by atomic mass is 10.1. The van der Waals surface area contributed by atoms with Gasteiger partial charge in [0.1, 0.15) is 0 Å². The fourth-order valence-corrected chi connectivity index (χ4v) is 2.00. The number of hydrazone groups is 1. The zero-order chi connectivity index (χ0) is 19.9. The van der Waals surface area contributed by atoms with Crippen LogP contribution in [0.5, 0.6) is 0 Å². The quantitative estimate of drug-likeness (QED) is 0.403. The van der Waals surface area contributed by atoms with Gasteiger partial charge in [-0.3, -0.25) is 29.8 Å². The van der Waals surface area contributed by atoms with Crippen molar-refractivity contribution in [2.75, 3.05) is 0 Å². The number of nitro benzene ring substituents is 2. The number of hydrogen-bond donors (Lipinski definition) is 2. The number of non-ortho nitro benzene ring substituents is 1. The highest BCUT2D eigenvalue weighted by atomic mass is 16.6. The molecule has 0 heterocycles. The van der Waals surface area contributed by atoms with E-state index < -0.39 is 27.1 Å². The molecule has 0 aliphatic heterocycles. The molecule has 0 fully saturated rings. The Morgan fingerprint density at radius 3 is 2.35 bits per heavy atom. The number of benzene rings is 1. The van der Waals surface area contributed by atoms with Gasteiger partial charge in [-0.25, -0.2) is 5.43 Å². The first kappa shape index (κ1) is 20.7. The molecule has 140 valence electrons. The van der Waals surface area contributed by atoms with Gasteiger partial charge in [-0.2, -0.15) is 5.10 Å². The van der Waals surface area contributed by atoms with Crippen LogP contribution in [0.25, 0.3) is 0 Å². The molecule has 1 aromatic carbocycles. The fourth-order valence-electron chi connectivity index (χ4n) is 2.00. The molecule has 0 unspecified atom stereocenters. The molecule has 11 heteroatoms. The molecule has 0 radical (unpaired) electrons. The summed E-state index contributed by atoms with van der Waals surface area (Å²) in [7, 11) is 0. The SMILES string of the molecule is C/C(CC(=O)NC(C)C)=N\NC(=O)Cc1ccc([N+](=O)[O-])cc1[N+](=O)[O-]. The summed E-state index contributed by atoms with van der Waals surface area (Å²) in [6.45, 7) is 5.17. The molecule has 26 heavy (non-hydrogen) atoms. The zero-order valence-electron chi connectivity index (χ0n) is 14.5. The summed E-state index contributed by atoms with van der Waals surface area (Å²) in [5, 5.41) is 28.2. The maximum atomic E-state index is 11.9. The van der Waals surface area contributed by atoms with Crippen molar-refractivity contribution in [1.82, 2.24) is 10.7 Å². The number of carbonyl (C=O) groups is 2. The van der Waals surface area contributed by atoms with Gasteiger partial charge in [-0.15, -0.1) is 0 Å². The number of rotatable bonds is 8. The zero-order valence-corrected chi connectivity index (χ0v) is 14.5. The smallest absolute Gasteiger partial charge is 0.279 e. The van der Waals surface area contributed by atoms with Gasteiger partial charge in [-0.05, 0) is 26.8 Å². The van der Waals surface area contributed by atoms with Crippen molar-refractivity contribution < 1.29 is 19.4 Å². The number of hydrogen-bond acceptors (Lipinski definition) is 7. The molecule has 2 amide bonds. The van der Waals surface area contributed by atoms with E-state index in [0.717, 1.165) is 18.2 Å². The Kier molecular flexibility index (Phi) is 7.32. The third-order valence-corrected chi connectivity index (χ3v) is 3.06. The van der Waals surface area contributed by atoms with Crippen LogP contribution in [0, 0.1) is 20.2 Å². The van der Waals surface area contributed by atoms with Gasteiger partial charge in [-0.1, -0.05) is 0 Å². The van der Waals surface area contributed by atoms with Crippen molar-refractivity contribution in [3.63, 3.8) is 0 Å². The Labute approximate surface area is 148 Å². The molecule has 2 N–H and O–H groups in total. The van der Waals surface area contributed by atoms with Crippen molar-refractivity contribution in [2.45, 2.75) is 39.7 Å². The summed E-state index contributed by atoms with van der Waals surface area (Å²) in [4.78, 5) is 43.6. The molecule has 1 aromatic rings. The van der Waals surface area contributed by atoms with E-state index in [1.54, 1.807) is 6.92 Å². The summed E-state index contributed by atoms with van der Waals surface area (Å²) in [6.07, 6.45) is -0.389. The molecular weight excluding hydrogens is 346 g/mol. The first-order valence-electron chi connectivity index (χ1n) is 7.63. The molecule has 0 aliphatic rings. The standard InChI is InChI=1S/C15H19N5O6/c1-9(2)16-14(21)6-10(3)17-18-15(22)7-11-4-5-12(19(23)24)8-13(11)20(25)26/h4-5,8-9H,6-7H2,1-3H3,(H,16,21)(H,18,22)/b17-10+. The molecule has 0 aromatic heterocycles. The molecule has 0 saturated heterocycles. The second kappa shape index (κ2) is 9.20. The highest BCUT2D eigenvalue weighted by Crippen LogP contribution is 2.24. The first-order chi connectivity index (χ1) is 12.1. The average molecular weight is 365 g/mol. The maximum absolute atomic E-state index is 11.9. The number of nitro groups is 2. The summed E-state index contributed by atoms with van der Waals surface area (Å²) in [5.74, 6) is -0.896. The molecular formula is C15H19N5O6. The van der Waals surface area contributed by atoms with Crippen LogP contribution in [0.3, 0.4) is 0 Å². The Balaban J connectivity index is 2.76. The van der Waals surface area contributed by atoms with E-state index >= 15 is 0 Å². The largest absolute Gasteiger partial charge is 0.354 e. The molecule has 1 rings (SSSR count). The van der Waals surface area contributed by atoms with E-state index in [1.165, 1.54) is 0 Å². The Morgan fingerprint density at radius 1 is 1.15 bits per heavy atom. The lowest BCUT2D eigenvalue weighted by Gasteiger charge is -2.08. The van der Waals surface area contributed by atoms with Crippen LogP contribution in [-0.2, 0) is 16.0 Å². The maximum Gasteiger partial charge on any atom is 0.279 e. The second-order valence-electron chi connectivity index (χ2n) is 5.79. The molecule has 11 nitrogen and oxygen atoms in total. The van der Waals surface area contributed by atoms with E-state index in [9.17, 15) is 29.8 Å². The van der Waals surface area contributed by atoms with E-state index in [4.69, 9.17) is 0 Å². The molecule has 0 spiro atoms. The van der Waals surface area contributed by atoms with Crippen LogP contribution < -0.4 is 10.7 Å². The van der Waals surface area contributed by atoms with Gasteiger partial charge in [0.15, 0.2) is 0 Å². The number of amides is 2. The average Bonchev–Trinajstić information content (AvgIpc) is 2.51. The van der Waals surface area contributed by atoms with Gasteiger partial charge in [0.25, 0.3) is 11.4 Å². The summed E-state index contributed by atoms with van der Waals surface area (Å²) >= 11 is 0. The Morgan fingerprint density at radius 2 is 1.81 bits per heavy atom. The predicted octanol–water partition coefficient (Wildman–Crippen LogP) is 1.45. The van der Waals surface area contributed by atoms with Crippen LogP contribution >= 0.6 is 0 Å². The number of nitrogens with zero attached hydrogens (tertiary/aromatic N) is 3. The molecule has 0 bridgehead atoms. The second-order valence-corrected chi connectivity index (χ2v) is 5.79. The Hall–Kier alpha value is -3.37. The summed E-state index contributed by atoms with van der Waals surface area (Å²) in [6, 6.07) is 3.02.